The van der Waals surface area contributed by atoms with Crippen LogP contribution in [0.25, 0.3) is 11.1 Å². The van der Waals surface area contributed by atoms with Gasteiger partial charge in [0.2, 0.25) is 0 Å². The van der Waals surface area contributed by atoms with Gasteiger partial charge in [-0.2, -0.15) is 0 Å². The lowest BCUT2D eigenvalue weighted by Gasteiger charge is -2.15. The molecule has 1 aromatic carbocycles. The summed E-state index contributed by atoms with van der Waals surface area (Å²) in [6.07, 6.45) is 7.72. The van der Waals surface area contributed by atoms with Gasteiger partial charge in [0.05, 0.1) is 12.8 Å². The Bertz CT molecular complexity index is 896. The van der Waals surface area contributed by atoms with Crippen molar-refractivity contribution in [2.45, 2.75) is 6.42 Å². The van der Waals surface area contributed by atoms with Gasteiger partial charge in [0.15, 0.2) is 11.6 Å². The lowest BCUT2D eigenvalue weighted by molar-refractivity contribution is 0.357. The molecule has 3 aromatic rings. The molecule has 6 heteroatoms. The van der Waals surface area contributed by atoms with Crippen molar-refractivity contribution < 1.29 is 4.74 Å². The van der Waals surface area contributed by atoms with Crippen LogP contribution in [0, 0.1) is 0 Å². The number of nitrogens with one attached hydrogen (secondary N) is 1. The van der Waals surface area contributed by atoms with Crippen molar-refractivity contribution in [2.75, 3.05) is 30.9 Å². The summed E-state index contributed by atoms with van der Waals surface area (Å²) in [5.74, 6) is 2.13. The number of rotatable bonds is 4. The molecule has 0 atom stereocenters. The number of ether oxygens (including phenoxy) is 1. The van der Waals surface area contributed by atoms with Crippen LogP contribution >= 0.6 is 0 Å². The average molecular weight is 333 g/mol. The van der Waals surface area contributed by atoms with Gasteiger partial charge in [0, 0.05) is 55.9 Å². The number of pyridine rings is 1. The maximum absolute atomic E-state index is 5.86. The fourth-order valence-electron chi connectivity index (χ4n) is 2.96. The molecule has 1 aliphatic rings. The molecular weight excluding hydrogens is 314 g/mol. The Morgan fingerprint density at radius 1 is 1.12 bits per heavy atom. The first-order valence-electron chi connectivity index (χ1n) is 8.18. The SMILES string of the molecule is CN(C)c1cccc(-c2cnc(Nc3cnccn3)c3c2CCO3)c1. The minimum Gasteiger partial charge on any atom is -0.489 e. The second-order valence-electron chi connectivity index (χ2n) is 6.09. The van der Waals surface area contributed by atoms with E-state index in [1.807, 2.05) is 20.3 Å². The van der Waals surface area contributed by atoms with E-state index < -0.39 is 0 Å². The third kappa shape index (κ3) is 2.98. The fourth-order valence-corrected chi connectivity index (χ4v) is 2.96. The van der Waals surface area contributed by atoms with Crippen molar-refractivity contribution >= 4 is 17.3 Å². The summed E-state index contributed by atoms with van der Waals surface area (Å²) >= 11 is 0. The standard InChI is InChI=1S/C19H19N5O/c1-24(2)14-5-3-4-13(10-14)16-11-22-19(18-15(16)6-9-25-18)23-17-12-20-7-8-21-17/h3-5,7-8,10-12H,6,9H2,1-2H3,(H,21,22,23). The van der Waals surface area contributed by atoms with E-state index in [4.69, 9.17) is 4.74 Å². The molecule has 25 heavy (non-hydrogen) atoms. The highest BCUT2D eigenvalue weighted by Gasteiger charge is 2.22. The molecule has 1 N–H and O–H groups in total. The minimum absolute atomic E-state index is 0.648. The van der Waals surface area contributed by atoms with Crippen LogP contribution in [0.4, 0.5) is 17.3 Å². The lowest BCUT2D eigenvalue weighted by atomic mass is 9.99. The molecule has 0 fully saturated rings. The van der Waals surface area contributed by atoms with Crippen LogP contribution in [-0.2, 0) is 6.42 Å². The van der Waals surface area contributed by atoms with Crippen LogP contribution in [0.2, 0.25) is 0 Å². The zero-order valence-corrected chi connectivity index (χ0v) is 14.2. The first kappa shape index (κ1) is 15.4. The largest absolute Gasteiger partial charge is 0.489 e. The summed E-state index contributed by atoms with van der Waals surface area (Å²) in [5.41, 5.74) is 4.59. The first-order valence-corrected chi connectivity index (χ1v) is 8.18. The molecule has 0 amide bonds. The molecule has 6 nitrogen and oxygen atoms in total. The van der Waals surface area contributed by atoms with E-state index in [0.717, 1.165) is 29.0 Å². The van der Waals surface area contributed by atoms with Gasteiger partial charge in [-0.05, 0) is 17.7 Å². The van der Waals surface area contributed by atoms with Gasteiger partial charge < -0.3 is 15.0 Å². The molecule has 3 heterocycles. The maximum Gasteiger partial charge on any atom is 0.174 e. The van der Waals surface area contributed by atoms with Crippen molar-refractivity contribution in [1.82, 2.24) is 15.0 Å². The van der Waals surface area contributed by atoms with E-state index >= 15 is 0 Å². The van der Waals surface area contributed by atoms with E-state index in [1.165, 1.54) is 5.56 Å². The Morgan fingerprint density at radius 2 is 2.04 bits per heavy atom. The molecule has 0 unspecified atom stereocenters. The molecule has 0 aliphatic carbocycles. The Kier molecular flexibility index (Phi) is 3.93. The summed E-state index contributed by atoms with van der Waals surface area (Å²) in [7, 11) is 4.08. The Hall–Kier alpha value is -3.15. The summed E-state index contributed by atoms with van der Waals surface area (Å²) in [4.78, 5) is 15.0. The third-order valence-corrected chi connectivity index (χ3v) is 4.22. The van der Waals surface area contributed by atoms with Gasteiger partial charge in [0.1, 0.15) is 5.82 Å². The van der Waals surface area contributed by atoms with Gasteiger partial charge in [-0.15, -0.1) is 0 Å². The Labute approximate surface area is 146 Å². The second kappa shape index (κ2) is 6.39. The molecule has 0 saturated carbocycles. The van der Waals surface area contributed by atoms with Gasteiger partial charge in [-0.25, -0.2) is 9.97 Å². The predicted octanol–water partition coefficient (Wildman–Crippen LogP) is 3.28. The Morgan fingerprint density at radius 3 is 2.84 bits per heavy atom. The van der Waals surface area contributed by atoms with Gasteiger partial charge in [0.25, 0.3) is 0 Å². The molecular formula is C19H19N5O. The Balaban J connectivity index is 1.74. The smallest absolute Gasteiger partial charge is 0.174 e. The number of aromatic nitrogens is 3. The molecule has 4 rings (SSSR count). The van der Waals surface area contributed by atoms with Crippen molar-refractivity contribution in [3.63, 3.8) is 0 Å². The van der Waals surface area contributed by atoms with E-state index in [0.29, 0.717) is 18.2 Å². The number of hydrogen-bond donors (Lipinski definition) is 1. The molecule has 0 saturated heterocycles. The quantitative estimate of drug-likeness (QED) is 0.790. The predicted molar refractivity (Wildman–Crippen MR) is 98.5 cm³/mol. The summed E-state index contributed by atoms with van der Waals surface area (Å²) in [6, 6.07) is 8.44. The topological polar surface area (TPSA) is 63.2 Å². The summed E-state index contributed by atoms with van der Waals surface area (Å²) in [5, 5.41) is 3.19. The van der Waals surface area contributed by atoms with Crippen LogP contribution in [0.3, 0.4) is 0 Å². The normalized spacial score (nSPS) is 12.4. The molecule has 0 radical (unpaired) electrons. The van der Waals surface area contributed by atoms with Crippen molar-refractivity contribution in [3.8, 4) is 16.9 Å². The van der Waals surface area contributed by atoms with Crippen LogP contribution in [0.15, 0.2) is 49.1 Å². The molecule has 0 bridgehead atoms. The van der Waals surface area contributed by atoms with Crippen molar-refractivity contribution in [3.05, 3.63) is 54.6 Å². The van der Waals surface area contributed by atoms with E-state index in [2.05, 4.69) is 49.4 Å². The van der Waals surface area contributed by atoms with Crippen molar-refractivity contribution in [1.29, 1.82) is 0 Å². The van der Waals surface area contributed by atoms with Gasteiger partial charge in [-0.3, -0.25) is 4.98 Å². The van der Waals surface area contributed by atoms with Gasteiger partial charge in [-0.1, -0.05) is 12.1 Å². The highest BCUT2D eigenvalue weighted by atomic mass is 16.5. The summed E-state index contributed by atoms with van der Waals surface area (Å²) < 4.78 is 5.86. The van der Waals surface area contributed by atoms with E-state index in [-0.39, 0.29) is 0 Å². The molecule has 126 valence electrons. The monoisotopic (exact) mass is 333 g/mol. The number of benzene rings is 1. The minimum atomic E-state index is 0.648. The average Bonchev–Trinajstić information content (AvgIpc) is 3.13. The highest BCUT2D eigenvalue weighted by molar-refractivity contribution is 5.77. The van der Waals surface area contributed by atoms with Crippen LogP contribution < -0.4 is 15.0 Å². The lowest BCUT2D eigenvalue weighted by Crippen LogP contribution is -2.08. The second-order valence-corrected chi connectivity index (χ2v) is 6.09. The van der Waals surface area contributed by atoms with Crippen LogP contribution in [-0.4, -0.2) is 35.7 Å². The maximum atomic E-state index is 5.86. The summed E-state index contributed by atoms with van der Waals surface area (Å²) in [6.45, 7) is 0.663. The molecule has 2 aromatic heterocycles. The van der Waals surface area contributed by atoms with Crippen LogP contribution in [0.1, 0.15) is 5.56 Å². The molecule has 1 aliphatic heterocycles. The zero-order valence-electron chi connectivity index (χ0n) is 14.2. The third-order valence-electron chi connectivity index (χ3n) is 4.22. The first-order chi connectivity index (χ1) is 12.2. The van der Waals surface area contributed by atoms with Crippen molar-refractivity contribution in [2.24, 2.45) is 0 Å². The van der Waals surface area contributed by atoms with Gasteiger partial charge >= 0.3 is 0 Å². The fraction of sp³-hybridized carbons (Fsp3) is 0.211. The number of anilines is 3. The number of nitrogens with zero attached hydrogens (tertiary/aromatic N) is 4. The zero-order chi connectivity index (χ0) is 17.2. The molecule has 0 spiro atoms. The number of hydrogen-bond acceptors (Lipinski definition) is 6. The van der Waals surface area contributed by atoms with Crippen LogP contribution in [0.5, 0.6) is 5.75 Å². The van der Waals surface area contributed by atoms with E-state index in [1.54, 1.807) is 18.6 Å². The highest BCUT2D eigenvalue weighted by Crippen LogP contribution is 2.40. The van der Waals surface area contributed by atoms with E-state index in [9.17, 15) is 0 Å². The number of fused-ring (bicyclic) bond motifs is 1.